The molecule has 0 aliphatic carbocycles. The molecule has 0 unspecified atom stereocenters. The summed E-state index contributed by atoms with van der Waals surface area (Å²) < 4.78 is 12.5. The smallest absolute Gasteiger partial charge is 0.323 e. The van der Waals surface area contributed by atoms with Gasteiger partial charge < -0.3 is 10.2 Å². The summed E-state index contributed by atoms with van der Waals surface area (Å²) in [7, 11) is 0. The number of nitrogens with one attached hydrogen (secondary N) is 1. The van der Waals surface area contributed by atoms with Crippen LogP contribution in [0.1, 0.15) is 0 Å². The van der Waals surface area contributed by atoms with Gasteiger partial charge in [-0.25, -0.2) is 4.39 Å². The minimum absolute atomic E-state index is 0.0120. The number of hydrogen-bond donors (Lipinski definition) is 3. The maximum atomic E-state index is 12.5. The molecule has 1 rings (SSSR count). The van der Waals surface area contributed by atoms with Crippen LogP contribution >= 0.6 is 0 Å². The van der Waals surface area contributed by atoms with Crippen LogP contribution in [0.25, 0.3) is 0 Å². The van der Waals surface area contributed by atoms with Crippen LogP contribution in [0.15, 0.2) is 0 Å². The van der Waals surface area contributed by atoms with Crippen molar-refractivity contribution in [2.24, 2.45) is 0 Å². The van der Waals surface area contributed by atoms with Gasteiger partial charge in [0.15, 0.2) is 6.17 Å². The lowest BCUT2D eigenvalue weighted by molar-refractivity contribution is -0.140. The Morgan fingerprint density at radius 2 is 2.30 bits per heavy atom. The van der Waals surface area contributed by atoms with Gasteiger partial charge in [-0.15, -0.1) is 0 Å². The van der Waals surface area contributed by atoms with E-state index < -0.39 is 24.3 Å². The molecule has 0 aromatic rings. The fourth-order valence-electron chi connectivity index (χ4n) is 0.919. The van der Waals surface area contributed by atoms with E-state index in [0.717, 1.165) is 0 Å². The minimum atomic E-state index is -1.68. The van der Waals surface area contributed by atoms with Gasteiger partial charge in [0, 0.05) is 6.54 Å². The Kier molecular flexibility index (Phi) is 1.87. The Morgan fingerprint density at radius 3 is 2.50 bits per heavy atom. The molecule has 5 heteroatoms. The van der Waals surface area contributed by atoms with Crippen LogP contribution in [0.4, 0.5) is 4.39 Å². The molecule has 58 valence electrons. The molecule has 0 aromatic carbocycles. The molecule has 4 nitrogen and oxygen atoms in total. The summed E-state index contributed by atoms with van der Waals surface area (Å²) in [6, 6.07) is -1.24. The van der Waals surface area contributed by atoms with E-state index in [4.69, 9.17) is 10.2 Å². The number of β-amino-alcohol motifs (C(OH)–C–C–N with tert-alkyl or cyclic N) is 1. The molecule has 1 aliphatic rings. The fourth-order valence-corrected chi connectivity index (χ4v) is 0.919. The molecule has 0 amide bonds. The van der Waals surface area contributed by atoms with Gasteiger partial charge in [0.05, 0.1) is 6.10 Å². The molecule has 1 saturated heterocycles. The van der Waals surface area contributed by atoms with E-state index in [-0.39, 0.29) is 6.54 Å². The van der Waals surface area contributed by atoms with Crippen molar-refractivity contribution >= 4 is 5.97 Å². The summed E-state index contributed by atoms with van der Waals surface area (Å²) in [6.07, 6.45) is -2.86. The van der Waals surface area contributed by atoms with Crippen molar-refractivity contribution in [3.05, 3.63) is 0 Å². The van der Waals surface area contributed by atoms with Crippen LogP contribution < -0.4 is 5.32 Å². The zero-order valence-electron chi connectivity index (χ0n) is 5.12. The number of halogens is 1. The van der Waals surface area contributed by atoms with E-state index in [2.05, 4.69) is 5.32 Å². The van der Waals surface area contributed by atoms with E-state index in [1.807, 2.05) is 0 Å². The number of aliphatic hydroxyl groups excluding tert-OH is 1. The summed E-state index contributed by atoms with van der Waals surface area (Å²) in [5.41, 5.74) is 0. The number of hydrogen-bond acceptors (Lipinski definition) is 3. The molecule has 3 N–H and O–H groups in total. The predicted molar refractivity (Wildman–Crippen MR) is 30.3 cm³/mol. The first-order chi connectivity index (χ1) is 4.63. The van der Waals surface area contributed by atoms with Crippen LogP contribution in [0.3, 0.4) is 0 Å². The molecule has 3 atom stereocenters. The second kappa shape index (κ2) is 2.51. The predicted octanol–water partition coefficient (Wildman–Crippen LogP) is -1.26. The fraction of sp³-hybridized carbons (Fsp3) is 0.800. The molecule has 0 bridgehead atoms. The van der Waals surface area contributed by atoms with Gasteiger partial charge in [0.1, 0.15) is 6.04 Å². The lowest BCUT2D eigenvalue weighted by atomic mass is 10.2. The number of carbonyl (C=O) groups is 1. The van der Waals surface area contributed by atoms with Crippen LogP contribution in [-0.4, -0.2) is 41.0 Å². The number of carboxylic acids is 1. The Bertz CT molecular complexity index is 152. The second-order valence-electron chi connectivity index (χ2n) is 2.24. The highest BCUT2D eigenvalue weighted by Gasteiger charge is 2.39. The summed E-state index contributed by atoms with van der Waals surface area (Å²) >= 11 is 0. The van der Waals surface area contributed by atoms with E-state index in [1.54, 1.807) is 0 Å². The van der Waals surface area contributed by atoms with Crippen molar-refractivity contribution in [1.29, 1.82) is 0 Å². The van der Waals surface area contributed by atoms with Crippen molar-refractivity contribution in [2.45, 2.75) is 18.3 Å². The van der Waals surface area contributed by atoms with Crippen molar-refractivity contribution < 1.29 is 19.4 Å². The number of rotatable bonds is 1. The number of carboxylic acid groups (broad SMARTS) is 1. The number of aliphatic hydroxyl groups is 1. The molecule has 0 spiro atoms. The Hall–Kier alpha value is -0.680. The van der Waals surface area contributed by atoms with Crippen LogP contribution in [0.2, 0.25) is 0 Å². The molecular formula is C5H8FNO3. The van der Waals surface area contributed by atoms with Crippen molar-refractivity contribution in [1.82, 2.24) is 5.32 Å². The maximum absolute atomic E-state index is 12.5. The Balaban J connectivity index is 2.57. The molecule has 0 radical (unpaired) electrons. The number of alkyl halides is 1. The molecule has 0 aromatic heterocycles. The minimum Gasteiger partial charge on any atom is -0.480 e. The quantitative estimate of drug-likeness (QED) is 0.435. The highest BCUT2D eigenvalue weighted by Crippen LogP contribution is 2.11. The molecule has 10 heavy (non-hydrogen) atoms. The molecule has 1 aliphatic heterocycles. The lowest BCUT2D eigenvalue weighted by Crippen LogP contribution is -2.37. The summed E-state index contributed by atoms with van der Waals surface area (Å²) in [5.74, 6) is -1.26. The van der Waals surface area contributed by atoms with Crippen LogP contribution in [0, 0.1) is 0 Å². The van der Waals surface area contributed by atoms with Crippen molar-refractivity contribution in [3.63, 3.8) is 0 Å². The maximum Gasteiger partial charge on any atom is 0.323 e. The zero-order chi connectivity index (χ0) is 7.72. The van der Waals surface area contributed by atoms with Crippen LogP contribution in [0.5, 0.6) is 0 Å². The first-order valence-electron chi connectivity index (χ1n) is 2.91. The first-order valence-corrected chi connectivity index (χ1v) is 2.91. The van der Waals surface area contributed by atoms with E-state index >= 15 is 0 Å². The highest BCUT2D eigenvalue weighted by atomic mass is 19.1. The van der Waals surface area contributed by atoms with E-state index in [1.165, 1.54) is 0 Å². The molecular weight excluding hydrogens is 141 g/mol. The van der Waals surface area contributed by atoms with Gasteiger partial charge in [-0.1, -0.05) is 0 Å². The monoisotopic (exact) mass is 149 g/mol. The Labute approximate surface area is 56.7 Å². The largest absolute Gasteiger partial charge is 0.480 e. The van der Waals surface area contributed by atoms with Crippen LogP contribution in [-0.2, 0) is 4.79 Å². The zero-order valence-corrected chi connectivity index (χ0v) is 5.12. The highest BCUT2D eigenvalue weighted by molar-refractivity contribution is 5.74. The Morgan fingerprint density at radius 1 is 1.70 bits per heavy atom. The summed E-state index contributed by atoms with van der Waals surface area (Å²) in [4.78, 5) is 10.1. The molecule has 1 fully saturated rings. The molecule has 0 saturated carbocycles. The third-order valence-electron chi connectivity index (χ3n) is 1.50. The number of aliphatic carboxylic acids is 1. The third kappa shape index (κ3) is 1.10. The molecule has 1 heterocycles. The van der Waals surface area contributed by atoms with E-state index in [9.17, 15) is 9.18 Å². The SMILES string of the molecule is O=C(O)[C@H]1NC[C@@H](O)[C@@H]1F. The average molecular weight is 149 g/mol. The third-order valence-corrected chi connectivity index (χ3v) is 1.50. The van der Waals surface area contributed by atoms with Crippen molar-refractivity contribution in [3.8, 4) is 0 Å². The normalized spacial score (nSPS) is 40.0. The van der Waals surface area contributed by atoms with Gasteiger partial charge in [-0.2, -0.15) is 0 Å². The topological polar surface area (TPSA) is 69.6 Å². The van der Waals surface area contributed by atoms with Gasteiger partial charge in [0.2, 0.25) is 0 Å². The average Bonchev–Trinajstić information content (AvgIpc) is 2.14. The summed E-state index contributed by atoms with van der Waals surface area (Å²) in [6.45, 7) is 0.0120. The standard InChI is InChI=1S/C5H8FNO3/c6-3-2(8)1-7-4(3)5(9)10/h2-4,7-8H,1H2,(H,9,10)/t2-,3+,4+/m1/s1. The van der Waals surface area contributed by atoms with Gasteiger partial charge in [0.25, 0.3) is 0 Å². The van der Waals surface area contributed by atoms with Crippen molar-refractivity contribution in [2.75, 3.05) is 6.54 Å². The van der Waals surface area contributed by atoms with Gasteiger partial charge >= 0.3 is 5.97 Å². The summed E-state index contributed by atoms with van der Waals surface area (Å²) in [5, 5.41) is 19.3. The van der Waals surface area contributed by atoms with E-state index in [0.29, 0.717) is 0 Å². The van der Waals surface area contributed by atoms with Gasteiger partial charge in [-0.05, 0) is 0 Å². The first kappa shape index (κ1) is 7.43. The van der Waals surface area contributed by atoms with Gasteiger partial charge in [-0.3, -0.25) is 10.1 Å². The lowest BCUT2D eigenvalue weighted by Gasteiger charge is -2.07. The second-order valence-corrected chi connectivity index (χ2v) is 2.24.